The van der Waals surface area contributed by atoms with Gasteiger partial charge in [-0.15, -0.1) is 0 Å². The van der Waals surface area contributed by atoms with Gasteiger partial charge in [0.2, 0.25) is 0 Å². The van der Waals surface area contributed by atoms with Gasteiger partial charge in [-0.3, -0.25) is 0 Å². The fraction of sp³-hybridized carbons (Fsp3) is 0. The van der Waals surface area contributed by atoms with Crippen molar-refractivity contribution in [3.8, 4) is 0 Å². The molecule has 0 radical (unpaired) electrons. The summed E-state index contributed by atoms with van der Waals surface area (Å²) in [5, 5.41) is 0. The van der Waals surface area contributed by atoms with Crippen molar-refractivity contribution >= 4 is 31.9 Å². The van der Waals surface area contributed by atoms with E-state index in [2.05, 4.69) is 31.9 Å². The topological polar surface area (TPSA) is 0 Å². The van der Waals surface area contributed by atoms with Crippen LogP contribution in [-0.2, 0) is 0 Å². The van der Waals surface area contributed by atoms with Crippen LogP contribution in [0, 0.1) is 11.6 Å². The molecule has 84 valence electrons. The summed E-state index contributed by atoms with van der Waals surface area (Å²) in [6, 6.07) is 12.3. The van der Waals surface area contributed by atoms with Gasteiger partial charge in [-0.25, -0.2) is 8.78 Å². The molecule has 0 fully saturated rings. The molecule has 0 saturated carbocycles. The molecule has 0 nitrogen and oxygen atoms in total. The van der Waals surface area contributed by atoms with Gasteiger partial charge in [0.05, 0.1) is 0 Å². The lowest BCUT2D eigenvalue weighted by Crippen LogP contribution is -1.67. The van der Waals surface area contributed by atoms with Gasteiger partial charge in [-0.1, -0.05) is 31.9 Å². The van der Waals surface area contributed by atoms with Gasteiger partial charge >= 0.3 is 0 Å². The van der Waals surface area contributed by atoms with E-state index in [-0.39, 0.29) is 11.6 Å². The van der Waals surface area contributed by atoms with Crippen molar-refractivity contribution in [3.05, 3.63) is 69.1 Å². The predicted octanol–water partition coefficient (Wildman–Crippen LogP) is 5.18. The highest BCUT2D eigenvalue weighted by molar-refractivity contribution is 9.10. The summed E-state index contributed by atoms with van der Waals surface area (Å²) in [4.78, 5) is 0. The summed E-state index contributed by atoms with van der Waals surface area (Å²) in [7, 11) is 0. The highest BCUT2D eigenvalue weighted by Crippen LogP contribution is 2.09. The summed E-state index contributed by atoms with van der Waals surface area (Å²) in [5.74, 6) is -0.401. The first-order valence-corrected chi connectivity index (χ1v) is 5.98. The second kappa shape index (κ2) is 6.76. The highest BCUT2D eigenvalue weighted by Gasteiger charge is 1.85. The maximum absolute atomic E-state index is 12.1. The number of hydrogen-bond donors (Lipinski definition) is 0. The van der Waals surface area contributed by atoms with Gasteiger partial charge in [-0.2, -0.15) is 0 Å². The number of halogens is 4. The minimum atomic E-state index is -0.201. The fourth-order valence-electron chi connectivity index (χ4n) is 0.859. The fourth-order valence-corrected chi connectivity index (χ4v) is 1.39. The Balaban J connectivity index is 0.000000160. The smallest absolute Gasteiger partial charge is 0.123 e. The minimum absolute atomic E-state index is 0.201. The Morgan fingerprint density at radius 3 is 1.00 bits per heavy atom. The van der Waals surface area contributed by atoms with E-state index in [1.165, 1.54) is 24.3 Å². The number of hydrogen-bond acceptors (Lipinski definition) is 0. The van der Waals surface area contributed by atoms with Crippen LogP contribution in [0.4, 0.5) is 8.78 Å². The molecule has 0 N–H and O–H groups in total. The van der Waals surface area contributed by atoms with E-state index in [0.29, 0.717) is 0 Å². The molecule has 0 aliphatic carbocycles. The van der Waals surface area contributed by atoms with Crippen molar-refractivity contribution in [2.75, 3.05) is 0 Å². The lowest BCUT2D eigenvalue weighted by molar-refractivity contribution is 0.627. The summed E-state index contributed by atoms with van der Waals surface area (Å²) >= 11 is 6.36. The van der Waals surface area contributed by atoms with E-state index < -0.39 is 0 Å². The Kier molecular flexibility index (Phi) is 5.63. The quantitative estimate of drug-likeness (QED) is 0.615. The van der Waals surface area contributed by atoms with Gasteiger partial charge < -0.3 is 0 Å². The molecule has 2 aromatic carbocycles. The average Bonchev–Trinajstić information content (AvgIpc) is 2.28. The molecule has 0 heterocycles. The Hall–Kier alpha value is -0.740. The molecule has 0 unspecified atom stereocenters. The normalized spacial score (nSPS) is 9.25. The van der Waals surface area contributed by atoms with E-state index in [1.807, 2.05) is 0 Å². The highest BCUT2D eigenvalue weighted by atomic mass is 79.9. The van der Waals surface area contributed by atoms with Crippen LogP contribution in [0.2, 0.25) is 0 Å². The number of benzene rings is 2. The van der Waals surface area contributed by atoms with Crippen LogP contribution >= 0.6 is 31.9 Å². The van der Waals surface area contributed by atoms with Crippen LogP contribution in [0.25, 0.3) is 0 Å². The van der Waals surface area contributed by atoms with Crippen LogP contribution in [0.15, 0.2) is 57.5 Å². The van der Waals surface area contributed by atoms with Crippen molar-refractivity contribution in [1.82, 2.24) is 0 Å². The molecule has 0 bridgehead atoms. The van der Waals surface area contributed by atoms with Crippen LogP contribution in [-0.4, -0.2) is 0 Å². The number of rotatable bonds is 0. The van der Waals surface area contributed by atoms with Gasteiger partial charge in [-0.05, 0) is 48.5 Å². The molecule has 0 aliphatic heterocycles. The molecule has 0 spiro atoms. The van der Waals surface area contributed by atoms with Crippen molar-refractivity contribution in [2.45, 2.75) is 0 Å². The Labute approximate surface area is 110 Å². The first kappa shape index (κ1) is 13.3. The lowest BCUT2D eigenvalue weighted by atomic mass is 10.4. The molecule has 0 atom stereocenters. The van der Waals surface area contributed by atoms with E-state index in [4.69, 9.17) is 0 Å². The van der Waals surface area contributed by atoms with Crippen LogP contribution in [0.3, 0.4) is 0 Å². The zero-order valence-electron chi connectivity index (χ0n) is 8.13. The molecule has 4 heteroatoms. The zero-order chi connectivity index (χ0) is 12.0. The zero-order valence-corrected chi connectivity index (χ0v) is 11.3. The van der Waals surface area contributed by atoms with Gasteiger partial charge in [0.25, 0.3) is 0 Å². The second-order valence-electron chi connectivity index (χ2n) is 2.87. The first-order chi connectivity index (χ1) is 7.58. The molecule has 2 aromatic rings. The monoisotopic (exact) mass is 348 g/mol. The second-order valence-corrected chi connectivity index (χ2v) is 4.70. The van der Waals surface area contributed by atoms with Crippen LogP contribution in [0.1, 0.15) is 0 Å². The van der Waals surface area contributed by atoms with Gasteiger partial charge in [0.15, 0.2) is 0 Å². The molecule has 2 rings (SSSR count). The largest absolute Gasteiger partial charge is 0.207 e. The molecular formula is C12H8Br2F2. The predicted molar refractivity (Wildman–Crippen MR) is 68.2 cm³/mol. The third kappa shape index (κ3) is 5.37. The summed E-state index contributed by atoms with van der Waals surface area (Å²) in [6.45, 7) is 0. The molecule has 0 saturated heterocycles. The van der Waals surface area contributed by atoms with Crippen molar-refractivity contribution in [2.24, 2.45) is 0 Å². The average molecular weight is 350 g/mol. The first-order valence-electron chi connectivity index (χ1n) is 4.40. The van der Waals surface area contributed by atoms with Crippen molar-refractivity contribution in [3.63, 3.8) is 0 Å². The molecule has 0 aliphatic rings. The van der Waals surface area contributed by atoms with Gasteiger partial charge in [0, 0.05) is 8.95 Å². The van der Waals surface area contributed by atoms with Gasteiger partial charge in [0.1, 0.15) is 11.6 Å². The van der Waals surface area contributed by atoms with Crippen LogP contribution < -0.4 is 0 Å². The van der Waals surface area contributed by atoms with E-state index in [9.17, 15) is 8.78 Å². The lowest BCUT2D eigenvalue weighted by Gasteiger charge is -1.85. The molecule has 0 aromatic heterocycles. The standard InChI is InChI=1S/2C6H4BrF/c2*7-5-1-3-6(8)4-2-5/h2*1-4H. The van der Waals surface area contributed by atoms with E-state index >= 15 is 0 Å². The maximum atomic E-state index is 12.1. The summed E-state index contributed by atoms with van der Waals surface area (Å²) in [6.07, 6.45) is 0. The third-order valence-electron chi connectivity index (χ3n) is 1.61. The van der Waals surface area contributed by atoms with Crippen LogP contribution in [0.5, 0.6) is 0 Å². The third-order valence-corrected chi connectivity index (χ3v) is 2.66. The Bertz CT molecular complexity index is 338. The minimum Gasteiger partial charge on any atom is -0.207 e. The molecule has 16 heavy (non-hydrogen) atoms. The van der Waals surface area contributed by atoms with E-state index in [0.717, 1.165) is 8.95 Å². The summed E-state index contributed by atoms with van der Waals surface area (Å²) < 4.78 is 25.9. The van der Waals surface area contributed by atoms with E-state index in [1.54, 1.807) is 24.3 Å². The molecular weight excluding hydrogens is 342 g/mol. The Morgan fingerprint density at radius 1 is 0.562 bits per heavy atom. The summed E-state index contributed by atoms with van der Waals surface area (Å²) in [5.41, 5.74) is 0. The van der Waals surface area contributed by atoms with Crippen molar-refractivity contribution < 1.29 is 8.78 Å². The molecule has 0 amide bonds. The maximum Gasteiger partial charge on any atom is 0.123 e. The SMILES string of the molecule is Fc1ccc(Br)cc1.Fc1ccc(Br)cc1. The Morgan fingerprint density at radius 2 is 0.812 bits per heavy atom. The van der Waals surface area contributed by atoms with Crippen molar-refractivity contribution in [1.29, 1.82) is 0 Å².